The highest BCUT2D eigenvalue weighted by molar-refractivity contribution is 7.25. The number of rotatable bonds is 2. The maximum atomic E-state index is 4.96. The molecule has 10 rings (SSSR count). The lowest BCUT2D eigenvalue weighted by Crippen LogP contribution is -1.99. The summed E-state index contributed by atoms with van der Waals surface area (Å²) >= 11 is 1.85. The Hall–Kier alpha value is -5.52. The van der Waals surface area contributed by atoms with Crippen LogP contribution in [0.5, 0.6) is 0 Å². The van der Waals surface area contributed by atoms with Crippen LogP contribution in [0, 0.1) is 0 Å². The van der Waals surface area contributed by atoms with Gasteiger partial charge in [0.1, 0.15) is 6.33 Å². The summed E-state index contributed by atoms with van der Waals surface area (Å²) < 4.78 is 7.49. The molecule has 0 saturated heterocycles. The number of aromatic nitrogens is 4. The summed E-state index contributed by atoms with van der Waals surface area (Å²) in [5.74, 6) is 0. The molecule has 10 aromatic rings. The minimum atomic E-state index is 0.977. The van der Waals surface area contributed by atoms with Crippen LogP contribution in [0.2, 0.25) is 0 Å². The Morgan fingerprint density at radius 1 is 0.488 bits per heavy atom. The maximum absolute atomic E-state index is 4.96. The van der Waals surface area contributed by atoms with Gasteiger partial charge in [0.2, 0.25) is 0 Å². The van der Waals surface area contributed by atoms with Gasteiger partial charge < -0.3 is 9.13 Å². The van der Waals surface area contributed by atoms with Crippen LogP contribution in [0.3, 0.4) is 0 Å². The smallest absolute Gasteiger partial charge is 0.116 e. The molecule has 4 nitrogen and oxygen atoms in total. The first-order chi connectivity index (χ1) is 21.4. The van der Waals surface area contributed by atoms with Gasteiger partial charge in [0.25, 0.3) is 0 Å². The zero-order valence-electron chi connectivity index (χ0n) is 22.9. The van der Waals surface area contributed by atoms with Crippen molar-refractivity contribution < 1.29 is 0 Å². The summed E-state index contributed by atoms with van der Waals surface area (Å²) in [7, 11) is 0. The SMILES string of the molecule is c1ccc(-n2c3ccccc3c3c4cncnc4c4c5ccccc5n(-c5ccc6sc7ccccc7c6c5)c4c32)cc1. The average molecular weight is 567 g/mol. The molecule has 4 aromatic heterocycles. The molecule has 5 heteroatoms. The molecular formula is C38H22N4S. The number of benzene rings is 6. The van der Waals surface area contributed by atoms with E-state index in [0.29, 0.717) is 0 Å². The fourth-order valence-electron chi connectivity index (χ4n) is 7.12. The first-order valence-electron chi connectivity index (χ1n) is 14.4. The van der Waals surface area contributed by atoms with Crippen LogP contribution in [-0.2, 0) is 0 Å². The van der Waals surface area contributed by atoms with Crippen molar-refractivity contribution in [2.75, 3.05) is 0 Å². The second-order valence-electron chi connectivity index (χ2n) is 11.1. The Bertz CT molecular complexity index is 2730. The minimum Gasteiger partial charge on any atom is -0.307 e. The molecule has 0 atom stereocenters. The van der Waals surface area contributed by atoms with Gasteiger partial charge in [-0.25, -0.2) is 9.97 Å². The molecule has 0 bridgehead atoms. The van der Waals surface area contributed by atoms with E-state index in [4.69, 9.17) is 4.98 Å². The Morgan fingerprint density at radius 3 is 1.93 bits per heavy atom. The quantitative estimate of drug-likeness (QED) is 0.209. The molecule has 0 amide bonds. The molecule has 0 fully saturated rings. The Morgan fingerprint density at radius 2 is 1.12 bits per heavy atom. The van der Waals surface area contributed by atoms with Gasteiger partial charge in [0.15, 0.2) is 0 Å². The summed E-state index contributed by atoms with van der Waals surface area (Å²) in [6, 6.07) is 43.8. The Kier molecular flexibility index (Phi) is 4.57. The van der Waals surface area contributed by atoms with Crippen LogP contribution in [0.1, 0.15) is 0 Å². The summed E-state index contributed by atoms with van der Waals surface area (Å²) in [6.07, 6.45) is 3.67. The lowest BCUT2D eigenvalue weighted by molar-refractivity contribution is 1.15. The van der Waals surface area contributed by atoms with Crippen molar-refractivity contribution in [1.29, 1.82) is 0 Å². The Balaban J connectivity index is 1.51. The predicted molar refractivity (Wildman–Crippen MR) is 181 cm³/mol. The van der Waals surface area contributed by atoms with Crippen LogP contribution >= 0.6 is 11.3 Å². The molecule has 200 valence electrons. The molecule has 4 heterocycles. The number of thiophene rings is 1. The summed E-state index contributed by atoms with van der Waals surface area (Å²) in [5, 5.41) is 8.35. The van der Waals surface area contributed by atoms with Gasteiger partial charge in [0.05, 0.1) is 27.6 Å². The molecule has 0 saturated carbocycles. The van der Waals surface area contributed by atoms with E-state index in [-0.39, 0.29) is 0 Å². The predicted octanol–water partition coefficient (Wildman–Crippen LogP) is 10.2. The largest absolute Gasteiger partial charge is 0.307 e. The van der Waals surface area contributed by atoms with Crippen molar-refractivity contribution in [2.24, 2.45) is 0 Å². The summed E-state index contributed by atoms with van der Waals surface area (Å²) in [5.41, 5.74) is 7.89. The molecule has 0 aliphatic heterocycles. The van der Waals surface area contributed by atoms with E-state index in [1.165, 1.54) is 36.3 Å². The van der Waals surface area contributed by atoms with Gasteiger partial charge in [-0.15, -0.1) is 11.3 Å². The van der Waals surface area contributed by atoms with Crippen LogP contribution < -0.4 is 0 Å². The third kappa shape index (κ3) is 3.04. The fourth-order valence-corrected chi connectivity index (χ4v) is 8.21. The van der Waals surface area contributed by atoms with Gasteiger partial charge in [-0.3, -0.25) is 0 Å². The van der Waals surface area contributed by atoms with Gasteiger partial charge in [-0.1, -0.05) is 72.8 Å². The fraction of sp³-hybridized carbons (Fsp3) is 0. The van der Waals surface area contributed by atoms with Crippen LogP contribution in [0.25, 0.3) is 86.1 Å². The maximum Gasteiger partial charge on any atom is 0.116 e. The van der Waals surface area contributed by atoms with Crippen molar-refractivity contribution >= 4 is 86.0 Å². The number of fused-ring (bicyclic) bond motifs is 13. The molecule has 43 heavy (non-hydrogen) atoms. The first kappa shape index (κ1) is 23.1. The first-order valence-corrected chi connectivity index (χ1v) is 15.2. The Labute approximate surface area is 249 Å². The second-order valence-corrected chi connectivity index (χ2v) is 12.1. The topological polar surface area (TPSA) is 35.6 Å². The second kappa shape index (κ2) is 8.51. The molecule has 0 N–H and O–H groups in total. The highest BCUT2D eigenvalue weighted by atomic mass is 32.1. The number of hydrogen-bond acceptors (Lipinski definition) is 3. The van der Waals surface area contributed by atoms with Crippen LogP contribution in [-0.4, -0.2) is 19.1 Å². The van der Waals surface area contributed by atoms with E-state index in [0.717, 1.165) is 49.7 Å². The van der Waals surface area contributed by atoms with Crippen LogP contribution in [0.4, 0.5) is 0 Å². The molecule has 0 aliphatic carbocycles. The van der Waals surface area contributed by atoms with Crippen LogP contribution in [0.15, 0.2) is 134 Å². The van der Waals surface area contributed by atoms with E-state index in [1.807, 2.05) is 17.5 Å². The third-order valence-corrected chi connectivity index (χ3v) is 9.98. The minimum absolute atomic E-state index is 0.977. The van der Waals surface area contributed by atoms with E-state index in [2.05, 4.69) is 135 Å². The number of nitrogens with zero attached hydrogens (tertiary/aromatic N) is 4. The van der Waals surface area contributed by atoms with Gasteiger partial charge in [-0.2, -0.15) is 0 Å². The van der Waals surface area contributed by atoms with E-state index < -0.39 is 0 Å². The van der Waals surface area contributed by atoms with E-state index in [1.54, 1.807) is 6.33 Å². The molecule has 6 aromatic carbocycles. The molecule has 0 aliphatic rings. The summed E-state index contributed by atoms with van der Waals surface area (Å²) in [4.78, 5) is 9.49. The molecule has 0 spiro atoms. The molecule has 0 unspecified atom stereocenters. The standard InChI is InChI=1S/C38H22N4S/c1-2-10-23(11-3-1)41-30-15-7-4-13-26(30)34-29-21-39-22-40-36(29)35-27-14-5-8-16-31(27)42(38(35)37(34)41)24-18-19-33-28(20-24)25-12-6-9-17-32(25)43-33/h1-22H. The van der Waals surface area contributed by atoms with Gasteiger partial charge in [-0.05, 0) is 48.5 Å². The van der Waals surface area contributed by atoms with E-state index >= 15 is 0 Å². The highest BCUT2D eigenvalue weighted by Crippen LogP contribution is 2.46. The zero-order valence-corrected chi connectivity index (χ0v) is 23.7. The average Bonchev–Trinajstić information content (AvgIpc) is 3.73. The van der Waals surface area contributed by atoms with E-state index in [9.17, 15) is 0 Å². The number of para-hydroxylation sites is 3. The van der Waals surface area contributed by atoms with Crippen molar-refractivity contribution in [1.82, 2.24) is 19.1 Å². The lowest BCUT2D eigenvalue weighted by atomic mass is 10.0. The lowest BCUT2D eigenvalue weighted by Gasteiger charge is -2.13. The van der Waals surface area contributed by atoms with Crippen molar-refractivity contribution in [3.8, 4) is 11.4 Å². The zero-order chi connectivity index (χ0) is 28.1. The molecular weight excluding hydrogens is 545 g/mol. The highest BCUT2D eigenvalue weighted by Gasteiger charge is 2.25. The van der Waals surface area contributed by atoms with Gasteiger partial charge in [0, 0.05) is 64.7 Å². The summed E-state index contributed by atoms with van der Waals surface area (Å²) in [6.45, 7) is 0. The molecule has 0 radical (unpaired) electrons. The third-order valence-electron chi connectivity index (χ3n) is 8.82. The van der Waals surface area contributed by atoms with Crippen molar-refractivity contribution in [3.05, 3.63) is 134 Å². The normalized spacial score (nSPS) is 12.2. The monoisotopic (exact) mass is 566 g/mol. The number of hydrogen-bond donors (Lipinski definition) is 0. The van der Waals surface area contributed by atoms with Crippen molar-refractivity contribution in [3.63, 3.8) is 0 Å². The van der Waals surface area contributed by atoms with Gasteiger partial charge >= 0.3 is 0 Å². The van der Waals surface area contributed by atoms with Crippen molar-refractivity contribution in [2.45, 2.75) is 0 Å².